The molecule has 1 heterocycles. The molecule has 1 saturated carbocycles. The lowest BCUT2D eigenvalue weighted by atomic mass is 10.1. The number of methoxy groups -OCH3 is 1. The fourth-order valence-corrected chi connectivity index (χ4v) is 1.73. The summed E-state index contributed by atoms with van der Waals surface area (Å²) < 4.78 is 5.27. The van der Waals surface area contributed by atoms with Crippen molar-refractivity contribution in [2.24, 2.45) is 0 Å². The maximum absolute atomic E-state index is 5.27. The molecule has 0 aromatic carbocycles. The molecule has 0 saturated heterocycles. The van der Waals surface area contributed by atoms with Crippen molar-refractivity contribution in [3.63, 3.8) is 0 Å². The van der Waals surface area contributed by atoms with E-state index in [1.54, 1.807) is 7.11 Å². The Labute approximate surface area is 84.5 Å². The van der Waals surface area contributed by atoms with Crippen LogP contribution in [-0.4, -0.2) is 24.7 Å². The van der Waals surface area contributed by atoms with Gasteiger partial charge >= 0.3 is 0 Å². The van der Waals surface area contributed by atoms with Crippen LogP contribution in [0.1, 0.15) is 18.5 Å². The zero-order valence-electron chi connectivity index (χ0n) is 8.71. The predicted molar refractivity (Wildman–Crippen MR) is 55.5 cm³/mol. The Morgan fingerprint density at radius 2 is 2.36 bits per heavy atom. The summed E-state index contributed by atoms with van der Waals surface area (Å²) in [5, 5.41) is 3.36. The van der Waals surface area contributed by atoms with Gasteiger partial charge in [-0.05, 0) is 32.0 Å². The fourth-order valence-electron chi connectivity index (χ4n) is 1.73. The van der Waals surface area contributed by atoms with Crippen LogP contribution in [0.2, 0.25) is 0 Å². The van der Waals surface area contributed by atoms with Gasteiger partial charge in [0.1, 0.15) is 5.75 Å². The lowest BCUT2D eigenvalue weighted by Crippen LogP contribution is -2.30. The van der Waals surface area contributed by atoms with Crippen LogP contribution in [0.5, 0.6) is 5.75 Å². The fraction of sp³-hybridized carbons (Fsp3) is 0.545. The smallest absolute Gasteiger partial charge is 0.140 e. The highest BCUT2D eigenvalue weighted by Gasteiger charge is 2.41. The van der Waals surface area contributed by atoms with Crippen LogP contribution >= 0.6 is 0 Å². The highest BCUT2D eigenvalue weighted by Crippen LogP contribution is 2.39. The summed E-state index contributed by atoms with van der Waals surface area (Å²) in [6, 6.07) is 3.87. The molecule has 0 aliphatic heterocycles. The maximum Gasteiger partial charge on any atom is 0.140 e. The first-order valence-corrected chi connectivity index (χ1v) is 4.96. The number of nitrogens with zero attached hydrogens (tertiary/aromatic N) is 1. The molecule has 0 radical (unpaired) electrons. The molecule has 14 heavy (non-hydrogen) atoms. The van der Waals surface area contributed by atoms with Gasteiger partial charge in [0.05, 0.1) is 12.8 Å². The minimum Gasteiger partial charge on any atom is -0.495 e. The van der Waals surface area contributed by atoms with Crippen molar-refractivity contribution in [2.45, 2.75) is 24.8 Å². The average Bonchev–Trinajstić information content (AvgIpc) is 2.99. The van der Waals surface area contributed by atoms with Crippen molar-refractivity contribution in [1.82, 2.24) is 10.3 Å². The average molecular weight is 192 g/mol. The monoisotopic (exact) mass is 192 g/mol. The minimum atomic E-state index is 0.293. The number of pyridine rings is 1. The van der Waals surface area contributed by atoms with E-state index in [1.165, 1.54) is 12.8 Å². The van der Waals surface area contributed by atoms with Crippen LogP contribution in [0.25, 0.3) is 0 Å². The SMILES string of the molecule is CNC1(Cc2ncccc2OC)CC1. The van der Waals surface area contributed by atoms with E-state index >= 15 is 0 Å². The maximum atomic E-state index is 5.27. The van der Waals surface area contributed by atoms with E-state index in [4.69, 9.17) is 4.74 Å². The van der Waals surface area contributed by atoms with Crippen LogP contribution in [0.15, 0.2) is 18.3 Å². The molecule has 0 bridgehead atoms. The largest absolute Gasteiger partial charge is 0.495 e. The summed E-state index contributed by atoms with van der Waals surface area (Å²) in [7, 11) is 3.71. The number of hydrogen-bond donors (Lipinski definition) is 1. The molecular weight excluding hydrogens is 176 g/mol. The standard InChI is InChI=1S/C11H16N2O/c1-12-11(5-6-11)8-9-10(14-2)4-3-7-13-9/h3-4,7,12H,5-6,8H2,1-2H3. The molecule has 0 spiro atoms. The molecule has 1 aromatic heterocycles. The van der Waals surface area contributed by atoms with Gasteiger partial charge < -0.3 is 10.1 Å². The second kappa shape index (κ2) is 3.58. The number of ether oxygens (including phenoxy) is 1. The number of rotatable bonds is 4. The Bertz CT molecular complexity index is 321. The molecule has 2 rings (SSSR count). The van der Waals surface area contributed by atoms with Crippen molar-refractivity contribution < 1.29 is 4.74 Å². The van der Waals surface area contributed by atoms with E-state index in [0.717, 1.165) is 17.9 Å². The van der Waals surface area contributed by atoms with Crippen molar-refractivity contribution in [1.29, 1.82) is 0 Å². The third-order valence-electron chi connectivity index (χ3n) is 2.96. The Kier molecular flexibility index (Phi) is 2.42. The molecule has 3 nitrogen and oxygen atoms in total. The summed E-state index contributed by atoms with van der Waals surface area (Å²) in [5.41, 5.74) is 1.35. The third-order valence-corrected chi connectivity index (χ3v) is 2.96. The second-order valence-electron chi connectivity index (χ2n) is 3.86. The normalized spacial score (nSPS) is 17.9. The van der Waals surface area contributed by atoms with E-state index in [9.17, 15) is 0 Å². The van der Waals surface area contributed by atoms with Crippen LogP contribution in [0.3, 0.4) is 0 Å². The third kappa shape index (κ3) is 1.73. The molecule has 1 aromatic rings. The highest BCUT2D eigenvalue weighted by molar-refractivity contribution is 5.29. The van der Waals surface area contributed by atoms with Gasteiger partial charge in [-0.3, -0.25) is 4.98 Å². The molecule has 1 aliphatic rings. The predicted octanol–water partition coefficient (Wildman–Crippen LogP) is 1.38. The van der Waals surface area contributed by atoms with Gasteiger partial charge in [0, 0.05) is 18.2 Å². The Balaban J connectivity index is 2.16. The first-order valence-electron chi connectivity index (χ1n) is 4.96. The number of likely N-dealkylation sites (N-methyl/N-ethyl adjacent to an activating group) is 1. The summed E-state index contributed by atoms with van der Waals surface area (Å²) in [4.78, 5) is 4.36. The lowest BCUT2D eigenvalue weighted by Gasteiger charge is -2.14. The minimum absolute atomic E-state index is 0.293. The van der Waals surface area contributed by atoms with Gasteiger partial charge in [-0.15, -0.1) is 0 Å². The molecule has 0 amide bonds. The summed E-state index contributed by atoms with van der Waals surface area (Å²) in [6.07, 6.45) is 5.27. The van der Waals surface area contributed by atoms with Gasteiger partial charge in [-0.25, -0.2) is 0 Å². The Morgan fingerprint density at radius 3 is 2.93 bits per heavy atom. The Morgan fingerprint density at radius 1 is 1.57 bits per heavy atom. The van der Waals surface area contributed by atoms with Crippen LogP contribution in [0, 0.1) is 0 Å². The molecule has 3 heteroatoms. The molecule has 0 atom stereocenters. The van der Waals surface area contributed by atoms with Crippen LogP contribution in [0.4, 0.5) is 0 Å². The number of nitrogens with one attached hydrogen (secondary N) is 1. The van der Waals surface area contributed by atoms with Gasteiger partial charge in [-0.1, -0.05) is 0 Å². The van der Waals surface area contributed by atoms with E-state index in [-0.39, 0.29) is 0 Å². The summed E-state index contributed by atoms with van der Waals surface area (Å²) in [6.45, 7) is 0. The highest BCUT2D eigenvalue weighted by atomic mass is 16.5. The topological polar surface area (TPSA) is 34.2 Å². The van der Waals surface area contributed by atoms with Crippen molar-refractivity contribution in [2.75, 3.05) is 14.2 Å². The molecule has 1 aliphatic carbocycles. The number of hydrogen-bond acceptors (Lipinski definition) is 3. The van der Waals surface area contributed by atoms with Crippen molar-refractivity contribution in [3.8, 4) is 5.75 Å². The van der Waals surface area contributed by atoms with E-state index < -0.39 is 0 Å². The zero-order valence-corrected chi connectivity index (χ0v) is 8.71. The molecule has 76 valence electrons. The van der Waals surface area contributed by atoms with Crippen LogP contribution < -0.4 is 10.1 Å². The van der Waals surface area contributed by atoms with E-state index in [2.05, 4.69) is 10.3 Å². The summed E-state index contributed by atoms with van der Waals surface area (Å²) >= 11 is 0. The van der Waals surface area contributed by atoms with Crippen LogP contribution in [-0.2, 0) is 6.42 Å². The lowest BCUT2D eigenvalue weighted by molar-refractivity contribution is 0.401. The van der Waals surface area contributed by atoms with E-state index in [1.807, 2.05) is 25.4 Å². The number of aromatic nitrogens is 1. The molecule has 0 unspecified atom stereocenters. The molecular formula is C11H16N2O. The molecule has 1 N–H and O–H groups in total. The first-order chi connectivity index (χ1) is 6.79. The van der Waals surface area contributed by atoms with Gasteiger partial charge in [0.2, 0.25) is 0 Å². The van der Waals surface area contributed by atoms with E-state index in [0.29, 0.717) is 5.54 Å². The van der Waals surface area contributed by atoms with Crippen molar-refractivity contribution >= 4 is 0 Å². The quantitative estimate of drug-likeness (QED) is 0.782. The zero-order chi connectivity index (χ0) is 10.0. The van der Waals surface area contributed by atoms with Crippen molar-refractivity contribution in [3.05, 3.63) is 24.0 Å². The van der Waals surface area contributed by atoms with Gasteiger partial charge in [0.25, 0.3) is 0 Å². The second-order valence-corrected chi connectivity index (χ2v) is 3.86. The summed E-state index contributed by atoms with van der Waals surface area (Å²) in [5.74, 6) is 0.897. The Hall–Kier alpha value is -1.09. The van der Waals surface area contributed by atoms with Gasteiger partial charge in [-0.2, -0.15) is 0 Å². The first kappa shape index (κ1) is 9.46. The van der Waals surface area contributed by atoms with Gasteiger partial charge in [0.15, 0.2) is 0 Å². The molecule has 1 fully saturated rings.